The minimum atomic E-state index is -0.848. The maximum Gasteiger partial charge on any atom is 0.338 e. The van der Waals surface area contributed by atoms with Gasteiger partial charge in [-0.2, -0.15) is 0 Å². The summed E-state index contributed by atoms with van der Waals surface area (Å²) < 4.78 is 5.03. The molecule has 12 heteroatoms. The van der Waals surface area contributed by atoms with Gasteiger partial charge in [0.2, 0.25) is 11.8 Å². The quantitative estimate of drug-likeness (QED) is 0.202. The van der Waals surface area contributed by atoms with Gasteiger partial charge >= 0.3 is 5.97 Å². The zero-order valence-corrected chi connectivity index (χ0v) is 19.6. The van der Waals surface area contributed by atoms with Crippen LogP contribution in [0.25, 0.3) is 0 Å². The molecule has 1 saturated carbocycles. The number of rotatable bonds is 6. The molecule has 0 unspecified atom stereocenters. The highest BCUT2D eigenvalue weighted by Crippen LogP contribution is 2.43. The van der Waals surface area contributed by atoms with Crippen molar-refractivity contribution in [2.24, 2.45) is 11.8 Å². The molecule has 2 fully saturated rings. The van der Waals surface area contributed by atoms with Crippen LogP contribution in [-0.4, -0.2) is 46.0 Å². The van der Waals surface area contributed by atoms with Crippen LogP contribution in [0.4, 0.5) is 17.1 Å². The highest BCUT2D eigenvalue weighted by Gasteiger charge is 2.52. The molecule has 2 aliphatic rings. The molecule has 2 aromatic carbocycles. The summed E-state index contributed by atoms with van der Waals surface area (Å²) in [6, 6.07) is 11.1. The number of ether oxygens (including phenoxy) is 1. The van der Waals surface area contributed by atoms with E-state index in [1.54, 1.807) is 0 Å². The van der Waals surface area contributed by atoms with Crippen LogP contribution in [0.5, 0.6) is 0 Å². The summed E-state index contributed by atoms with van der Waals surface area (Å²) in [5.74, 6) is -3.46. The molecule has 2 aromatic rings. The number of nitro groups is 1. The van der Waals surface area contributed by atoms with Gasteiger partial charge in [-0.05, 0) is 37.1 Å². The Kier molecular flexibility index (Phi) is 7.04. The number of carbonyl (C=O) groups is 4. The lowest BCUT2D eigenvalue weighted by Crippen LogP contribution is -2.34. The van der Waals surface area contributed by atoms with Crippen LogP contribution in [0.2, 0.25) is 0 Å². The third kappa shape index (κ3) is 5.13. The summed E-state index contributed by atoms with van der Waals surface area (Å²) in [6.45, 7) is -0.647. The molecule has 4 atom stereocenters. The second-order valence-electron chi connectivity index (χ2n) is 8.21. The largest absolute Gasteiger partial charge is 0.452 e. The molecule has 0 radical (unpaired) electrons. The van der Waals surface area contributed by atoms with Gasteiger partial charge in [0.05, 0.1) is 38.8 Å². The third-order valence-corrected chi connectivity index (χ3v) is 7.02. The zero-order chi connectivity index (χ0) is 25.3. The number of esters is 1. The molecule has 1 aliphatic heterocycles. The van der Waals surface area contributed by atoms with E-state index in [2.05, 4.69) is 5.32 Å². The highest BCUT2D eigenvalue weighted by atomic mass is 35.5. The van der Waals surface area contributed by atoms with E-state index in [0.29, 0.717) is 12.8 Å². The van der Waals surface area contributed by atoms with Gasteiger partial charge in [-0.15, -0.1) is 23.2 Å². The number of imide groups is 1. The topological polar surface area (TPSA) is 136 Å². The summed E-state index contributed by atoms with van der Waals surface area (Å²) in [4.78, 5) is 61.8. The number of carbonyl (C=O) groups excluding carboxylic acids is 4. The molecule has 35 heavy (non-hydrogen) atoms. The van der Waals surface area contributed by atoms with E-state index >= 15 is 0 Å². The summed E-state index contributed by atoms with van der Waals surface area (Å²) in [5, 5.41) is 12.4. The normalized spacial score (nSPS) is 23.5. The van der Waals surface area contributed by atoms with E-state index in [1.165, 1.54) is 48.5 Å². The number of benzene rings is 2. The first-order chi connectivity index (χ1) is 16.7. The highest BCUT2D eigenvalue weighted by molar-refractivity contribution is 6.31. The molecule has 182 valence electrons. The Balaban J connectivity index is 1.41. The second-order valence-corrected chi connectivity index (χ2v) is 9.33. The monoisotopic (exact) mass is 519 g/mol. The van der Waals surface area contributed by atoms with Crippen molar-refractivity contribution in [3.8, 4) is 0 Å². The molecular weight excluding hydrogens is 501 g/mol. The average Bonchev–Trinajstić information content (AvgIpc) is 3.07. The van der Waals surface area contributed by atoms with Gasteiger partial charge in [0, 0.05) is 17.8 Å². The number of hydrogen-bond acceptors (Lipinski definition) is 7. The van der Waals surface area contributed by atoms with E-state index in [1.807, 2.05) is 0 Å². The fraction of sp³-hybridized carbons (Fsp3) is 0.304. The molecule has 1 saturated heterocycles. The van der Waals surface area contributed by atoms with Crippen LogP contribution in [0.15, 0.2) is 48.5 Å². The van der Waals surface area contributed by atoms with Crippen molar-refractivity contribution < 1.29 is 28.8 Å². The van der Waals surface area contributed by atoms with E-state index in [4.69, 9.17) is 27.9 Å². The first-order valence-corrected chi connectivity index (χ1v) is 11.5. The Labute approximate surface area is 209 Å². The number of alkyl halides is 2. The van der Waals surface area contributed by atoms with E-state index in [9.17, 15) is 29.3 Å². The van der Waals surface area contributed by atoms with Crippen molar-refractivity contribution in [3.63, 3.8) is 0 Å². The van der Waals surface area contributed by atoms with Crippen LogP contribution in [0.1, 0.15) is 23.2 Å². The number of hydrogen-bond donors (Lipinski definition) is 1. The number of nitrogens with zero attached hydrogens (tertiary/aromatic N) is 2. The molecular formula is C23H19Cl2N3O7. The van der Waals surface area contributed by atoms with E-state index in [-0.39, 0.29) is 22.6 Å². The van der Waals surface area contributed by atoms with Gasteiger partial charge in [-0.1, -0.05) is 12.1 Å². The second kappa shape index (κ2) is 10.0. The Morgan fingerprint density at radius 2 is 1.66 bits per heavy atom. The fourth-order valence-electron chi connectivity index (χ4n) is 4.23. The summed E-state index contributed by atoms with van der Waals surface area (Å²) in [5.41, 5.74) is 0.215. The van der Waals surface area contributed by atoms with Crippen LogP contribution in [0.3, 0.4) is 0 Å². The van der Waals surface area contributed by atoms with Gasteiger partial charge in [0.1, 0.15) is 0 Å². The van der Waals surface area contributed by atoms with Gasteiger partial charge < -0.3 is 10.1 Å². The van der Waals surface area contributed by atoms with Crippen molar-refractivity contribution in [2.45, 2.75) is 23.6 Å². The number of non-ortho nitro benzene ring substituents is 1. The van der Waals surface area contributed by atoms with Gasteiger partial charge in [-0.3, -0.25) is 29.4 Å². The number of nitro benzene ring substituents is 1. The average molecular weight is 520 g/mol. The fourth-order valence-corrected chi connectivity index (χ4v) is 4.82. The summed E-state index contributed by atoms with van der Waals surface area (Å²) >= 11 is 12.4. The summed E-state index contributed by atoms with van der Waals surface area (Å²) in [7, 11) is 0. The minimum Gasteiger partial charge on any atom is -0.452 e. The van der Waals surface area contributed by atoms with Gasteiger partial charge in [0.25, 0.3) is 11.6 Å². The van der Waals surface area contributed by atoms with Gasteiger partial charge in [-0.25, -0.2) is 4.79 Å². The van der Waals surface area contributed by atoms with Crippen molar-refractivity contribution in [2.75, 3.05) is 16.8 Å². The standard InChI is InChI=1S/C23H19Cl2N3O7/c24-18-9-16-17(10-19(18)25)22(31)27(21(16)30)14-5-1-3-12(7-14)23(32)35-11-20(29)26-13-4-2-6-15(8-13)28(33)34/h1-8,16-19H,9-11H2,(H,26,29)/t16-,17-,18-,19+/m1/s1. The Bertz CT molecular complexity index is 1190. The molecule has 0 aromatic heterocycles. The Hall–Kier alpha value is -3.50. The molecule has 1 heterocycles. The number of nitrogens with one attached hydrogen (secondary N) is 1. The van der Waals surface area contributed by atoms with Crippen LogP contribution < -0.4 is 10.2 Å². The molecule has 1 N–H and O–H groups in total. The Morgan fingerprint density at radius 3 is 2.29 bits per heavy atom. The number of amides is 3. The molecule has 0 bridgehead atoms. The zero-order valence-electron chi connectivity index (χ0n) is 18.1. The van der Waals surface area contributed by atoms with Crippen molar-refractivity contribution in [1.29, 1.82) is 0 Å². The van der Waals surface area contributed by atoms with E-state index < -0.39 is 57.8 Å². The van der Waals surface area contributed by atoms with Gasteiger partial charge in [0.15, 0.2) is 6.61 Å². The third-order valence-electron chi connectivity index (χ3n) is 5.93. The maximum atomic E-state index is 12.9. The molecule has 1 aliphatic carbocycles. The van der Waals surface area contributed by atoms with Crippen LogP contribution in [0, 0.1) is 22.0 Å². The predicted octanol–water partition coefficient (Wildman–Crippen LogP) is 3.50. The first kappa shape index (κ1) is 24.6. The van der Waals surface area contributed by atoms with Crippen LogP contribution in [-0.2, 0) is 19.1 Å². The van der Waals surface area contributed by atoms with Crippen LogP contribution >= 0.6 is 23.2 Å². The molecule has 3 amide bonds. The SMILES string of the molecule is O=C(COC(=O)c1cccc(N2C(=O)[C@@H]3C[C@@H](Cl)[C@@H](Cl)C[C@H]3C2=O)c1)Nc1cccc([N+](=O)[O-])c1. The van der Waals surface area contributed by atoms with E-state index in [0.717, 1.165) is 4.90 Å². The number of fused-ring (bicyclic) bond motifs is 1. The minimum absolute atomic E-state index is 0.0339. The lowest BCUT2D eigenvalue weighted by molar-refractivity contribution is -0.384. The maximum absolute atomic E-state index is 12.9. The lowest BCUT2D eigenvalue weighted by Gasteiger charge is -2.28. The van der Waals surface area contributed by atoms with Crippen molar-refractivity contribution >= 4 is 64.0 Å². The summed E-state index contributed by atoms with van der Waals surface area (Å²) in [6.07, 6.45) is 0.589. The lowest BCUT2D eigenvalue weighted by atomic mass is 9.80. The molecule has 4 rings (SSSR count). The molecule has 10 nitrogen and oxygen atoms in total. The number of anilines is 2. The predicted molar refractivity (Wildman–Crippen MR) is 126 cm³/mol. The Morgan fingerprint density at radius 1 is 1.03 bits per heavy atom. The van der Waals surface area contributed by atoms with Crippen molar-refractivity contribution in [1.82, 2.24) is 0 Å². The molecule has 0 spiro atoms. The smallest absolute Gasteiger partial charge is 0.338 e. The van der Waals surface area contributed by atoms with Crippen molar-refractivity contribution in [3.05, 3.63) is 64.2 Å². The number of halogens is 2. The first-order valence-electron chi connectivity index (χ1n) is 10.6.